The zero-order valence-electron chi connectivity index (χ0n) is 13.1. The number of aromatic nitrogens is 1. The quantitative estimate of drug-likeness (QED) is 0.800. The minimum absolute atomic E-state index is 0.332. The van der Waals surface area contributed by atoms with Gasteiger partial charge in [-0.05, 0) is 35.2 Å². The number of fused-ring (bicyclic) bond motifs is 1. The van der Waals surface area contributed by atoms with E-state index in [2.05, 4.69) is 26.7 Å². The predicted octanol–water partition coefficient (Wildman–Crippen LogP) is 3.40. The maximum atomic E-state index is 6.12. The molecule has 1 saturated carbocycles. The molecular weight excluding hydrogens is 328 g/mol. The third-order valence-electron chi connectivity index (χ3n) is 4.84. The van der Waals surface area contributed by atoms with E-state index in [-0.39, 0.29) is 0 Å². The first-order valence-corrected chi connectivity index (χ1v) is 10.1. The second kappa shape index (κ2) is 7.40. The molecule has 0 aromatic carbocycles. The first kappa shape index (κ1) is 15.7. The lowest BCUT2D eigenvalue weighted by Gasteiger charge is -2.39. The second-order valence-electron chi connectivity index (χ2n) is 6.28. The Morgan fingerprint density at radius 2 is 2.35 bits per heavy atom. The molecule has 2 aromatic rings. The van der Waals surface area contributed by atoms with Gasteiger partial charge in [-0.15, -0.1) is 11.3 Å². The highest BCUT2D eigenvalue weighted by molar-refractivity contribution is 7.09. The van der Waals surface area contributed by atoms with Crippen LogP contribution in [-0.4, -0.2) is 41.8 Å². The highest BCUT2D eigenvalue weighted by Gasteiger charge is 2.42. The second-order valence-corrected chi connectivity index (χ2v) is 8.04. The van der Waals surface area contributed by atoms with E-state index >= 15 is 0 Å². The topological polar surface area (TPSA) is 34.6 Å². The van der Waals surface area contributed by atoms with Crippen LogP contribution < -0.4 is 0 Å². The summed E-state index contributed by atoms with van der Waals surface area (Å²) in [6, 6.07) is 2.79. The summed E-state index contributed by atoms with van der Waals surface area (Å²) in [7, 11) is 0. The van der Waals surface area contributed by atoms with Gasteiger partial charge in [0.15, 0.2) is 0 Å². The number of thiazole rings is 1. The van der Waals surface area contributed by atoms with Gasteiger partial charge in [0.05, 0.1) is 25.9 Å². The van der Waals surface area contributed by atoms with E-state index in [1.165, 1.54) is 18.4 Å². The van der Waals surface area contributed by atoms with Gasteiger partial charge in [0.1, 0.15) is 5.01 Å². The molecule has 2 aliphatic rings. The van der Waals surface area contributed by atoms with Gasteiger partial charge in [-0.1, -0.05) is 0 Å². The number of nitrogens with zero attached hydrogens (tertiary/aromatic N) is 2. The van der Waals surface area contributed by atoms with E-state index in [1.54, 1.807) is 22.7 Å². The van der Waals surface area contributed by atoms with Gasteiger partial charge < -0.3 is 9.47 Å². The van der Waals surface area contributed by atoms with E-state index in [4.69, 9.17) is 9.47 Å². The highest BCUT2D eigenvalue weighted by Crippen LogP contribution is 2.35. The van der Waals surface area contributed by atoms with Crippen molar-refractivity contribution < 1.29 is 9.47 Å². The maximum absolute atomic E-state index is 6.12. The molecule has 3 heterocycles. The highest BCUT2D eigenvalue weighted by atomic mass is 32.1. The molecule has 1 aliphatic carbocycles. The van der Waals surface area contributed by atoms with Crippen molar-refractivity contribution in [2.75, 3.05) is 19.8 Å². The van der Waals surface area contributed by atoms with Gasteiger partial charge in [-0.2, -0.15) is 11.3 Å². The van der Waals surface area contributed by atoms with Crippen molar-refractivity contribution in [2.45, 2.75) is 38.1 Å². The molecule has 1 aliphatic heterocycles. The predicted molar refractivity (Wildman–Crippen MR) is 92.8 cm³/mol. The van der Waals surface area contributed by atoms with Crippen LogP contribution in [0.4, 0.5) is 0 Å². The van der Waals surface area contributed by atoms with Crippen molar-refractivity contribution >= 4 is 22.7 Å². The maximum Gasteiger partial charge on any atom is 0.118 e. The van der Waals surface area contributed by atoms with E-state index in [1.807, 2.05) is 11.6 Å². The molecule has 0 bridgehead atoms. The average Bonchev–Trinajstić information content (AvgIpc) is 3.30. The Bertz CT molecular complexity index is 588. The Labute approximate surface area is 145 Å². The van der Waals surface area contributed by atoms with Gasteiger partial charge >= 0.3 is 0 Å². The number of thiophene rings is 1. The molecule has 4 nitrogen and oxygen atoms in total. The van der Waals surface area contributed by atoms with Crippen molar-refractivity contribution in [3.8, 4) is 0 Å². The number of ether oxygens (including phenoxy) is 2. The normalized spacial score (nSPS) is 28.1. The number of hydrogen-bond donors (Lipinski definition) is 0. The zero-order valence-corrected chi connectivity index (χ0v) is 14.7. The van der Waals surface area contributed by atoms with Crippen LogP contribution >= 0.6 is 22.7 Å². The lowest BCUT2D eigenvalue weighted by atomic mass is 10.0. The molecule has 0 radical (unpaired) electrons. The molecule has 6 heteroatoms. The molecular formula is C17H22N2O2S2. The molecule has 0 spiro atoms. The van der Waals surface area contributed by atoms with Crippen molar-refractivity contribution in [1.29, 1.82) is 0 Å². The van der Waals surface area contributed by atoms with Crippen LogP contribution in [0.5, 0.6) is 0 Å². The van der Waals surface area contributed by atoms with Crippen molar-refractivity contribution in [3.63, 3.8) is 0 Å². The Morgan fingerprint density at radius 3 is 3.17 bits per heavy atom. The minimum Gasteiger partial charge on any atom is -0.375 e. The summed E-state index contributed by atoms with van der Waals surface area (Å²) in [5, 5.41) is 7.48. The SMILES string of the molecule is c1csc(COC[C@@H]2CC[C@H]3[C@@H]2OCCN3Cc2ccsc2)n1. The van der Waals surface area contributed by atoms with Crippen molar-refractivity contribution in [1.82, 2.24) is 9.88 Å². The molecule has 3 atom stereocenters. The Morgan fingerprint density at radius 1 is 1.35 bits per heavy atom. The lowest BCUT2D eigenvalue weighted by Crippen LogP contribution is -2.50. The van der Waals surface area contributed by atoms with Gasteiger partial charge in [0.2, 0.25) is 0 Å². The van der Waals surface area contributed by atoms with Crippen LogP contribution in [0.15, 0.2) is 28.4 Å². The summed E-state index contributed by atoms with van der Waals surface area (Å²) in [6.07, 6.45) is 4.59. The van der Waals surface area contributed by atoms with E-state index in [0.29, 0.717) is 24.7 Å². The summed E-state index contributed by atoms with van der Waals surface area (Å²) in [5.41, 5.74) is 1.43. The third-order valence-corrected chi connectivity index (χ3v) is 6.33. The van der Waals surface area contributed by atoms with E-state index in [0.717, 1.165) is 31.3 Å². The van der Waals surface area contributed by atoms with Crippen LogP contribution in [0.2, 0.25) is 0 Å². The molecule has 124 valence electrons. The average molecular weight is 351 g/mol. The van der Waals surface area contributed by atoms with Gasteiger partial charge in [0.25, 0.3) is 0 Å². The van der Waals surface area contributed by atoms with Crippen LogP contribution in [0, 0.1) is 5.92 Å². The summed E-state index contributed by atoms with van der Waals surface area (Å²) in [4.78, 5) is 6.88. The Balaban J connectivity index is 1.31. The summed E-state index contributed by atoms with van der Waals surface area (Å²) < 4.78 is 12.0. The lowest BCUT2D eigenvalue weighted by molar-refractivity contribution is -0.0891. The standard InChI is InChI=1S/C17H22N2O2S2/c1-2-15-17(14(1)10-20-11-16-18-4-8-23-16)21-6-5-19(15)9-13-3-7-22-12-13/h3-4,7-8,12,14-15,17H,1-2,5-6,9-11H2/t14-,15-,17+/m0/s1. The third kappa shape index (κ3) is 3.67. The van der Waals surface area contributed by atoms with E-state index in [9.17, 15) is 0 Å². The fourth-order valence-electron chi connectivity index (χ4n) is 3.75. The summed E-state index contributed by atoms with van der Waals surface area (Å²) >= 11 is 3.44. The molecule has 0 unspecified atom stereocenters. The van der Waals surface area contributed by atoms with Crippen LogP contribution in [-0.2, 0) is 22.6 Å². The fraction of sp³-hybridized carbons (Fsp3) is 0.588. The van der Waals surface area contributed by atoms with Crippen LogP contribution in [0.1, 0.15) is 23.4 Å². The zero-order chi connectivity index (χ0) is 15.5. The first-order chi connectivity index (χ1) is 11.4. The number of rotatable bonds is 6. The molecule has 2 aromatic heterocycles. The fourth-order valence-corrected chi connectivity index (χ4v) is 4.96. The van der Waals surface area contributed by atoms with Crippen LogP contribution in [0.3, 0.4) is 0 Å². The van der Waals surface area contributed by atoms with Gasteiger partial charge in [-0.25, -0.2) is 4.98 Å². The monoisotopic (exact) mass is 350 g/mol. The summed E-state index contributed by atoms with van der Waals surface area (Å²) in [6.45, 7) is 4.36. The molecule has 0 amide bonds. The van der Waals surface area contributed by atoms with E-state index < -0.39 is 0 Å². The van der Waals surface area contributed by atoms with Crippen molar-refractivity contribution in [3.05, 3.63) is 39.0 Å². The molecule has 2 fully saturated rings. The number of hydrogen-bond acceptors (Lipinski definition) is 6. The smallest absolute Gasteiger partial charge is 0.118 e. The van der Waals surface area contributed by atoms with Crippen molar-refractivity contribution in [2.24, 2.45) is 5.92 Å². The van der Waals surface area contributed by atoms with Gasteiger partial charge in [-0.3, -0.25) is 4.90 Å². The first-order valence-electron chi connectivity index (χ1n) is 8.23. The largest absolute Gasteiger partial charge is 0.375 e. The van der Waals surface area contributed by atoms with Crippen LogP contribution in [0.25, 0.3) is 0 Å². The summed E-state index contributed by atoms with van der Waals surface area (Å²) in [5.74, 6) is 0.519. The number of morpholine rings is 1. The molecule has 4 rings (SSSR count). The Hall–Kier alpha value is -0.790. The minimum atomic E-state index is 0.332. The molecule has 23 heavy (non-hydrogen) atoms. The van der Waals surface area contributed by atoms with Gasteiger partial charge in [0, 0.05) is 36.6 Å². The molecule has 1 saturated heterocycles. The molecule has 0 N–H and O–H groups in total. The Kier molecular flexibility index (Phi) is 5.06.